The monoisotopic (exact) mass is 427 g/mol. The number of benzene rings is 1. The molecule has 1 fully saturated rings. The van der Waals surface area contributed by atoms with E-state index in [-0.39, 0.29) is 42.1 Å². The van der Waals surface area contributed by atoms with Gasteiger partial charge in [-0.2, -0.15) is 13.2 Å². The Morgan fingerprint density at radius 2 is 1.85 bits per heavy atom. The fourth-order valence-corrected chi connectivity index (χ4v) is 2.00. The first-order valence-corrected chi connectivity index (χ1v) is 7.28. The van der Waals surface area contributed by atoms with Gasteiger partial charge in [0.15, 0.2) is 11.6 Å². The zero-order chi connectivity index (χ0) is 18.2. The third-order valence-corrected chi connectivity index (χ3v) is 3.71. The van der Waals surface area contributed by atoms with Crippen LogP contribution in [0.2, 0.25) is 0 Å². The number of rotatable bonds is 4. The molecule has 1 aromatic heterocycles. The normalized spacial score (nSPS) is 14.4. The lowest BCUT2D eigenvalue weighted by molar-refractivity contribution is -0.137. The highest BCUT2D eigenvalue weighted by molar-refractivity contribution is 6.00. The number of amides is 1. The lowest BCUT2D eigenvalue weighted by Gasteiger charge is -2.12. The van der Waals surface area contributed by atoms with Gasteiger partial charge < -0.3 is 15.8 Å². The molecule has 0 bridgehead atoms. The molecule has 3 rings (SSSR count). The molecule has 0 aliphatic heterocycles. The Morgan fingerprint density at radius 1 is 1.19 bits per heavy atom. The highest BCUT2D eigenvalue weighted by Gasteiger charge is 2.45. The summed E-state index contributed by atoms with van der Waals surface area (Å²) in [5.41, 5.74) is 4.10. The molecule has 3 N–H and O–H groups in total. The van der Waals surface area contributed by atoms with Gasteiger partial charge in [0.25, 0.3) is 0 Å². The molecule has 1 aliphatic carbocycles. The Bertz CT molecular complexity index is 812. The molecule has 148 valence electrons. The first-order chi connectivity index (χ1) is 11.7. The second-order valence-corrected chi connectivity index (χ2v) is 5.74. The highest BCUT2D eigenvalue weighted by atomic mass is 35.5. The van der Waals surface area contributed by atoms with Gasteiger partial charge >= 0.3 is 6.18 Å². The SMILES string of the molecule is Cl.Cl.NC1(C(=O)Nc2ccc(Oc3ccc(C(F)(F)F)cn3)c(F)c2)CC1. The van der Waals surface area contributed by atoms with E-state index < -0.39 is 29.0 Å². The van der Waals surface area contributed by atoms with E-state index in [2.05, 4.69) is 10.3 Å². The van der Waals surface area contributed by atoms with E-state index in [0.29, 0.717) is 19.0 Å². The average molecular weight is 428 g/mol. The maximum absolute atomic E-state index is 14.1. The number of hydrogen-bond acceptors (Lipinski definition) is 4. The molecular formula is C16H15Cl2F4N3O2. The number of ether oxygens (including phenoxy) is 1. The molecule has 1 aromatic carbocycles. The lowest BCUT2D eigenvalue weighted by Crippen LogP contribution is -2.37. The molecule has 0 saturated heterocycles. The maximum Gasteiger partial charge on any atom is 0.417 e. The third-order valence-electron chi connectivity index (χ3n) is 3.71. The summed E-state index contributed by atoms with van der Waals surface area (Å²) in [7, 11) is 0. The second kappa shape index (κ2) is 8.28. The Hall–Kier alpha value is -2.10. The average Bonchev–Trinajstić information content (AvgIpc) is 3.29. The Kier molecular flexibility index (Phi) is 7.04. The van der Waals surface area contributed by atoms with Crippen molar-refractivity contribution in [3.8, 4) is 11.6 Å². The highest BCUT2D eigenvalue weighted by Crippen LogP contribution is 2.34. The van der Waals surface area contributed by atoms with Crippen molar-refractivity contribution in [1.82, 2.24) is 4.98 Å². The summed E-state index contributed by atoms with van der Waals surface area (Å²) >= 11 is 0. The first kappa shape index (κ1) is 22.9. The van der Waals surface area contributed by atoms with Crippen molar-refractivity contribution >= 4 is 36.4 Å². The number of alkyl halides is 3. The van der Waals surface area contributed by atoms with Crippen LogP contribution in [-0.4, -0.2) is 16.4 Å². The van der Waals surface area contributed by atoms with Gasteiger partial charge in [-0.05, 0) is 31.0 Å². The molecule has 0 unspecified atom stereocenters. The zero-order valence-electron chi connectivity index (χ0n) is 13.5. The standard InChI is InChI=1S/C16H13F4N3O2.2ClH/c17-11-7-10(23-14(24)15(21)5-6-15)2-3-12(11)25-13-4-1-9(8-22-13)16(18,19)20;;/h1-4,7-8H,5-6,21H2,(H,23,24);2*1H. The number of aromatic nitrogens is 1. The Balaban J connectivity index is 0.00000182. The van der Waals surface area contributed by atoms with Crippen LogP contribution in [-0.2, 0) is 11.0 Å². The number of pyridine rings is 1. The van der Waals surface area contributed by atoms with E-state index in [1.54, 1.807) is 0 Å². The van der Waals surface area contributed by atoms with Gasteiger partial charge in [0, 0.05) is 24.0 Å². The molecule has 5 nitrogen and oxygen atoms in total. The molecule has 0 spiro atoms. The van der Waals surface area contributed by atoms with Crippen molar-refractivity contribution < 1.29 is 27.1 Å². The van der Waals surface area contributed by atoms with E-state index >= 15 is 0 Å². The van der Waals surface area contributed by atoms with Crippen molar-refractivity contribution in [3.05, 3.63) is 47.9 Å². The summed E-state index contributed by atoms with van der Waals surface area (Å²) in [6, 6.07) is 5.43. The van der Waals surface area contributed by atoms with E-state index in [1.807, 2.05) is 0 Å². The van der Waals surface area contributed by atoms with Crippen molar-refractivity contribution in [2.45, 2.75) is 24.6 Å². The number of nitrogens with one attached hydrogen (secondary N) is 1. The number of nitrogens with two attached hydrogens (primary N) is 1. The molecule has 1 heterocycles. The van der Waals surface area contributed by atoms with E-state index in [4.69, 9.17) is 10.5 Å². The van der Waals surface area contributed by atoms with Crippen molar-refractivity contribution in [2.24, 2.45) is 5.73 Å². The summed E-state index contributed by atoms with van der Waals surface area (Å²) in [4.78, 5) is 15.3. The Morgan fingerprint density at radius 3 is 2.33 bits per heavy atom. The number of carbonyl (C=O) groups is 1. The van der Waals surface area contributed by atoms with Crippen LogP contribution in [0.5, 0.6) is 11.6 Å². The van der Waals surface area contributed by atoms with Gasteiger partial charge in [-0.1, -0.05) is 0 Å². The Labute approximate surface area is 164 Å². The number of halogens is 6. The number of anilines is 1. The summed E-state index contributed by atoms with van der Waals surface area (Å²) in [6.45, 7) is 0. The quantitative estimate of drug-likeness (QED) is 0.712. The number of carbonyl (C=O) groups excluding carboxylic acids is 1. The molecule has 1 amide bonds. The van der Waals surface area contributed by atoms with Gasteiger partial charge in [0.1, 0.15) is 0 Å². The molecular weight excluding hydrogens is 413 g/mol. The van der Waals surface area contributed by atoms with Gasteiger partial charge in [-0.15, -0.1) is 24.8 Å². The molecule has 0 radical (unpaired) electrons. The number of hydrogen-bond donors (Lipinski definition) is 2. The number of nitrogens with zero attached hydrogens (tertiary/aromatic N) is 1. The van der Waals surface area contributed by atoms with E-state index in [0.717, 1.165) is 18.2 Å². The smallest absolute Gasteiger partial charge is 0.417 e. The summed E-state index contributed by atoms with van der Waals surface area (Å²) in [5, 5.41) is 2.50. The predicted molar refractivity (Wildman–Crippen MR) is 95.0 cm³/mol. The minimum atomic E-state index is -4.52. The lowest BCUT2D eigenvalue weighted by atomic mass is 10.2. The van der Waals surface area contributed by atoms with Gasteiger partial charge in [-0.3, -0.25) is 4.79 Å². The topological polar surface area (TPSA) is 77.2 Å². The van der Waals surface area contributed by atoms with Crippen LogP contribution in [0, 0.1) is 5.82 Å². The minimum absolute atomic E-state index is 0. The second-order valence-electron chi connectivity index (χ2n) is 5.74. The van der Waals surface area contributed by atoms with Gasteiger partial charge in [0.05, 0.1) is 11.1 Å². The van der Waals surface area contributed by atoms with E-state index in [9.17, 15) is 22.4 Å². The summed E-state index contributed by atoms with van der Waals surface area (Å²) < 4.78 is 56.6. The fraction of sp³-hybridized carbons (Fsp3) is 0.250. The molecule has 2 aromatic rings. The van der Waals surface area contributed by atoms with Crippen molar-refractivity contribution in [1.29, 1.82) is 0 Å². The fourth-order valence-electron chi connectivity index (χ4n) is 2.00. The largest absolute Gasteiger partial charge is 0.436 e. The van der Waals surface area contributed by atoms with Crippen LogP contribution in [0.1, 0.15) is 18.4 Å². The third kappa shape index (κ3) is 5.44. The summed E-state index contributed by atoms with van der Waals surface area (Å²) in [6.07, 6.45) is -2.78. The van der Waals surface area contributed by atoms with Crippen LogP contribution in [0.15, 0.2) is 36.5 Å². The van der Waals surface area contributed by atoms with E-state index in [1.165, 1.54) is 12.1 Å². The molecule has 0 atom stereocenters. The van der Waals surface area contributed by atoms with Crippen LogP contribution in [0.3, 0.4) is 0 Å². The first-order valence-electron chi connectivity index (χ1n) is 7.28. The maximum atomic E-state index is 14.1. The molecule has 27 heavy (non-hydrogen) atoms. The van der Waals surface area contributed by atoms with Crippen LogP contribution >= 0.6 is 24.8 Å². The van der Waals surface area contributed by atoms with Crippen LogP contribution in [0.4, 0.5) is 23.2 Å². The van der Waals surface area contributed by atoms with Crippen LogP contribution < -0.4 is 15.8 Å². The predicted octanol–water partition coefficient (Wildman–Crippen LogP) is 4.31. The summed E-state index contributed by atoms with van der Waals surface area (Å²) in [5.74, 6) is -1.63. The molecule has 1 aliphatic rings. The molecule has 11 heteroatoms. The van der Waals surface area contributed by atoms with Crippen molar-refractivity contribution in [3.63, 3.8) is 0 Å². The van der Waals surface area contributed by atoms with Crippen LogP contribution in [0.25, 0.3) is 0 Å². The van der Waals surface area contributed by atoms with Gasteiger partial charge in [-0.25, -0.2) is 9.37 Å². The van der Waals surface area contributed by atoms with Gasteiger partial charge in [0.2, 0.25) is 11.8 Å². The minimum Gasteiger partial charge on any atom is -0.436 e. The molecule has 1 saturated carbocycles. The zero-order valence-corrected chi connectivity index (χ0v) is 15.2. The van der Waals surface area contributed by atoms with Crippen molar-refractivity contribution in [2.75, 3.05) is 5.32 Å².